The number of carbonyl (C=O) groups excluding carboxylic acids is 3. The van der Waals surface area contributed by atoms with Gasteiger partial charge in [0, 0.05) is 17.0 Å². The van der Waals surface area contributed by atoms with Gasteiger partial charge in [0.15, 0.2) is 5.78 Å². The molecule has 1 aliphatic carbocycles. The average molecular weight is 495 g/mol. The highest BCUT2D eigenvalue weighted by atomic mass is 16.5. The van der Waals surface area contributed by atoms with Crippen molar-refractivity contribution in [2.45, 2.75) is 75.1 Å². The van der Waals surface area contributed by atoms with Gasteiger partial charge in [-0.15, -0.1) is 0 Å². The summed E-state index contributed by atoms with van der Waals surface area (Å²) in [4.78, 5) is 46.5. The first-order valence-electron chi connectivity index (χ1n) is 13.1. The van der Waals surface area contributed by atoms with Crippen molar-refractivity contribution >= 4 is 17.6 Å². The molecule has 1 aromatic carbocycles. The number of fused-ring (bicyclic) bond motifs is 1. The predicted octanol–water partition coefficient (Wildman–Crippen LogP) is 2.79. The molecule has 4 fully saturated rings. The molecule has 0 radical (unpaired) electrons. The number of carbonyl (C=O) groups is 3. The molecule has 10 heteroatoms. The molecule has 0 unspecified atom stereocenters. The second kappa shape index (κ2) is 10.2. The molecule has 1 aromatic rings. The van der Waals surface area contributed by atoms with E-state index in [0.717, 1.165) is 45.3 Å². The SMILES string of the molecule is CCN1CCC(c2ccc(C(=O)NC3(C(=O)N4C[C@@H](N=[N+]=[N-])[C@H]5OCC(=O)[C@H]54)CCCC3)cc2)CC1. The molecule has 1 saturated carbocycles. The van der Waals surface area contributed by atoms with E-state index in [1.165, 1.54) is 10.5 Å². The highest BCUT2D eigenvalue weighted by Gasteiger charge is 2.56. The topological polar surface area (TPSA) is 128 Å². The van der Waals surface area contributed by atoms with Gasteiger partial charge >= 0.3 is 0 Å². The zero-order valence-corrected chi connectivity index (χ0v) is 20.8. The maximum absolute atomic E-state index is 13.9. The summed E-state index contributed by atoms with van der Waals surface area (Å²) in [5.74, 6) is -0.249. The van der Waals surface area contributed by atoms with Crippen molar-refractivity contribution in [3.05, 3.63) is 45.8 Å². The summed E-state index contributed by atoms with van der Waals surface area (Å²) in [5, 5.41) is 6.81. The van der Waals surface area contributed by atoms with Crippen LogP contribution in [0.1, 0.15) is 67.3 Å². The number of likely N-dealkylation sites (tertiary alicyclic amines) is 2. The maximum Gasteiger partial charge on any atom is 0.252 e. The second-order valence-corrected chi connectivity index (χ2v) is 10.5. The number of ether oxygens (including phenoxy) is 1. The number of hydrogen-bond acceptors (Lipinski definition) is 6. The monoisotopic (exact) mass is 494 g/mol. The lowest BCUT2D eigenvalue weighted by molar-refractivity contribution is -0.142. The highest BCUT2D eigenvalue weighted by molar-refractivity contribution is 6.01. The van der Waals surface area contributed by atoms with Gasteiger partial charge in [-0.05, 0) is 74.5 Å². The fourth-order valence-electron chi connectivity index (χ4n) is 6.43. The van der Waals surface area contributed by atoms with Gasteiger partial charge in [-0.25, -0.2) is 0 Å². The van der Waals surface area contributed by atoms with Crippen molar-refractivity contribution in [1.29, 1.82) is 0 Å². The minimum Gasteiger partial charge on any atom is -0.367 e. The van der Waals surface area contributed by atoms with Crippen LogP contribution in [-0.4, -0.2) is 83.9 Å². The number of azide groups is 1. The van der Waals surface area contributed by atoms with Gasteiger partial charge in [-0.1, -0.05) is 37.0 Å². The minimum atomic E-state index is -1.07. The van der Waals surface area contributed by atoms with Gasteiger partial charge in [-0.3, -0.25) is 14.4 Å². The Labute approximate surface area is 211 Å². The van der Waals surface area contributed by atoms with Crippen molar-refractivity contribution in [2.75, 3.05) is 32.8 Å². The van der Waals surface area contributed by atoms with E-state index in [0.29, 0.717) is 24.3 Å². The van der Waals surface area contributed by atoms with E-state index in [1.807, 2.05) is 24.3 Å². The van der Waals surface area contributed by atoms with Crippen LogP contribution in [0.3, 0.4) is 0 Å². The van der Waals surface area contributed by atoms with Gasteiger partial charge in [0.2, 0.25) is 5.91 Å². The Morgan fingerprint density at radius 2 is 1.89 bits per heavy atom. The average Bonchev–Trinajstić information content (AvgIpc) is 3.62. The summed E-state index contributed by atoms with van der Waals surface area (Å²) in [7, 11) is 0. The van der Waals surface area contributed by atoms with Gasteiger partial charge in [0.05, 0.1) is 12.1 Å². The van der Waals surface area contributed by atoms with Gasteiger partial charge < -0.3 is 19.9 Å². The first kappa shape index (κ1) is 24.7. The Hall–Kier alpha value is -2.94. The normalized spacial score (nSPS) is 28.1. The van der Waals surface area contributed by atoms with E-state index in [-0.39, 0.29) is 30.7 Å². The van der Waals surface area contributed by atoms with E-state index in [9.17, 15) is 14.4 Å². The highest BCUT2D eigenvalue weighted by Crippen LogP contribution is 2.37. The van der Waals surface area contributed by atoms with E-state index in [2.05, 4.69) is 27.2 Å². The number of benzene rings is 1. The Bertz CT molecular complexity index is 1050. The van der Waals surface area contributed by atoms with Crippen molar-refractivity contribution < 1.29 is 19.1 Å². The third-order valence-electron chi connectivity index (χ3n) is 8.52. The molecule has 0 spiro atoms. The predicted molar refractivity (Wildman–Crippen MR) is 132 cm³/mol. The smallest absolute Gasteiger partial charge is 0.252 e. The zero-order valence-electron chi connectivity index (χ0n) is 20.8. The molecular formula is C26H34N6O4. The molecule has 192 valence electrons. The Kier molecular flexibility index (Phi) is 7.01. The summed E-state index contributed by atoms with van der Waals surface area (Å²) >= 11 is 0. The van der Waals surface area contributed by atoms with Crippen LogP contribution < -0.4 is 5.32 Å². The molecule has 10 nitrogen and oxygen atoms in total. The molecule has 0 bridgehead atoms. The first-order valence-corrected chi connectivity index (χ1v) is 13.1. The Morgan fingerprint density at radius 1 is 1.19 bits per heavy atom. The number of rotatable bonds is 6. The summed E-state index contributed by atoms with van der Waals surface area (Å²) in [6, 6.07) is 6.40. The zero-order chi connectivity index (χ0) is 25.3. The second-order valence-electron chi connectivity index (χ2n) is 10.5. The lowest BCUT2D eigenvalue weighted by Gasteiger charge is -2.35. The van der Waals surface area contributed by atoms with Crippen LogP contribution in [0.25, 0.3) is 10.4 Å². The fraction of sp³-hybridized carbons (Fsp3) is 0.654. The van der Waals surface area contributed by atoms with Gasteiger partial charge in [-0.2, -0.15) is 0 Å². The number of piperidine rings is 1. The fourth-order valence-corrected chi connectivity index (χ4v) is 6.43. The van der Waals surface area contributed by atoms with Gasteiger partial charge in [0.25, 0.3) is 5.91 Å². The van der Waals surface area contributed by atoms with Crippen LogP contribution in [-0.2, 0) is 14.3 Å². The van der Waals surface area contributed by atoms with E-state index in [4.69, 9.17) is 10.3 Å². The summed E-state index contributed by atoms with van der Waals surface area (Å²) in [6.07, 6.45) is 4.27. The van der Waals surface area contributed by atoms with Crippen LogP contribution >= 0.6 is 0 Å². The molecule has 4 aliphatic rings. The molecule has 1 N–H and O–H groups in total. The first-order chi connectivity index (χ1) is 17.5. The number of hydrogen-bond donors (Lipinski definition) is 1. The molecule has 3 saturated heterocycles. The van der Waals surface area contributed by atoms with Crippen molar-refractivity contribution in [2.24, 2.45) is 5.11 Å². The summed E-state index contributed by atoms with van der Waals surface area (Å²) in [5.41, 5.74) is 9.63. The van der Waals surface area contributed by atoms with Crippen molar-refractivity contribution in [3.8, 4) is 0 Å². The third kappa shape index (κ3) is 4.49. The standard InChI is InChI=1S/C26H34N6O4/c1-2-31-13-9-18(10-14-31)17-5-7-19(8-6-17)24(34)28-26(11-3-4-12-26)25(35)32-15-20(29-30-27)23-22(32)21(33)16-36-23/h5-8,18,20,22-23H,2-4,9-16H2,1H3,(H,28,34)/t20-,22-,23-/m1/s1. The number of amides is 2. The molecule has 5 rings (SSSR count). The van der Waals surface area contributed by atoms with Gasteiger partial charge in [0.1, 0.15) is 18.2 Å². The van der Waals surface area contributed by atoms with Crippen LogP contribution in [0.15, 0.2) is 29.4 Å². The molecule has 3 atom stereocenters. The number of nitrogens with zero attached hydrogens (tertiary/aromatic N) is 5. The largest absolute Gasteiger partial charge is 0.367 e. The van der Waals surface area contributed by atoms with Crippen molar-refractivity contribution in [3.63, 3.8) is 0 Å². The summed E-state index contributed by atoms with van der Waals surface area (Å²) < 4.78 is 5.56. The van der Waals surface area contributed by atoms with Crippen LogP contribution in [0, 0.1) is 0 Å². The lowest BCUT2D eigenvalue weighted by Crippen LogP contribution is -2.60. The van der Waals surface area contributed by atoms with Crippen molar-refractivity contribution in [1.82, 2.24) is 15.1 Å². The molecule has 3 aliphatic heterocycles. The molecule has 3 heterocycles. The lowest BCUT2D eigenvalue weighted by atomic mass is 9.89. The number of Topliss-reactive ketones (excluding diaryl/α,β-unsaturated/α-hetero) is 1. The molecule has 2 amide bonds. The maximum atomic E-state index is 13.9. The number of nitrogens with one attached hydrogen (secondary N) is 1. The molecular weight excluding hydrogens is 460 g/mol. The van der Waals surface area contributed by atoms with E-state index >= 15 is 0 Å². The van der Waals surface area contributed by atoms with E-state index < -0.39 is 23.7 Å². The minimum absolute atomic E-state index is 0.0975. The quantitative estimate of drug-likeness (QED) is 0.369. The summed E-state index contributed by atoms with van der Waals surface area (Å²) in [6.45, 7) is 5.49. The Morgan fingerprint density at radius 3 is 2.53 bits per heavy atom. The Balaban J connectivity index is 1.30. The van der Waals surface area contributed by atoms with Crippen LogP contribution in [0.2, 0.25) is 0 Å². The van der Waals surface area contributed by atoms with Crippen LogP contribution in [0.4, 0.5) is 0 Å². The van der Waals surface area contributed by atoms with Crippen LogP contribution in [0.5, 0.6) is 0 Å². The molecule has 0 aromatic heterocycles. The number of ketones is 1. The third-order valence-corrected chi connectivity index (χ3v) is 8.52. The van der Waals surface area contributed by atoms with E-state index in [1.54, 1.807) is 0 Å². The molecule has 36 heavy (non-hydrogen) atoms.